The van der Waals surface area contributed by atoms with Crippen LogP contribution in [-0.2, 0) is 25.5 Å². The van der Waals surface area contributed by atoms with Gasteiger partial charge >= 0.3 is 5.97 Å². The number of carbonyl (C=O) groups is 4. The monoisotopic (exact) mass is 510 g/mol. The number of imide groups is 1. The third-order valence-electron chi connectivity index (χ3n) is 7.54. The number of esters is 1. The van der Waals surface area contributed by atoms with Gasteiger partial charge < -0.3 is 10.1 Å². The number of aryl methyl sites for hydroxylation is 1. The maximum Gasteiger partial charge on any atom is 0.338 e. The highest BCUT2D eigenvalue weighted by Gasteiger charge is 2.50. The lowest BCUT2D eigenvalue weighted by Gasteiger charge is -2.28. The summed E-state index contributed by atoms with van der Waals surface area (Å²) in [5.74, 6) is -1.83. The summed E-state index contributed by atoms with van der Waals surface area (Å²) in [7, 11) is 0. The van der Waals surface area contributed by atoms with Crippen LogP contribution in [0.4, 0.5) is 11.4 Å². The minimum absolute atomic E-state index is 0.175. The topological polar surface area (TPSA) is 92.8 Å². The quantitative estimate of drug-likeness (QED) is 0.352. The number of carbonyl (C=O) groups excluding carboxylic acids is 4. The first-order valence-electron chi connectivity index (χ1n) is 13.0. The summed E-state index contributed by atoms with van der Waals surface area (Å²) in [4.78, 5) is 52.3. The number of rotatable bonds is 7. The summed E-state index contributed by atoms with van der Waals surface area (Å²) in [6.45, 7) is 1.62. The molecule has 2 aliphatic rings. The zero-order valence-corrected chi connectivity index (χ0v) is 21.3. The fourth-order valence-electron chi connectivity index (χ4n) is 5.44. The molecule has 3 atom stereocenters. The van der Waals surface area contributed by atoms with E-state index in [1.54, 1.807) is 24.3 Å². The molecule has 0 bridgehead atoms. The van der Waals surface area contributed by atoms with Gasteiger partial charge in [-0.05, 0) is 79.1 Å². The number of nitrogens with one attached hydrogen (secondary N) is 1. The van der Waals surface area contributed by atoms with Crippen molar-refractivity contribution in [3.8, 4) is 0 Å². The van der Waals surface area contributed by atoms with Crippen LogP contribution in [0, 0.1) is 11.8 Å². The van der Waals surface area contributed by atoms with E-state index in [0.29, 0.717) is 24.2 Å². The average molecular weight is 511 g/mol. The minimum Gasteiger partial charge on any atom is -0.452 e. The Labute approximate surface area is 221 Å². The molecular weight excluding hydrogens is 480 g/mol. The summed E-state index contributed by atoms with van der Waals surface area (Å²) in [5.41, 5.74) is 3.66. The largest absolute Gasteiger partial charge is 0.452 e. The molecule has 1 saturated heterocycles. The molecule has 1 aliphatic heterocycles. The summed E-state index contributed by atoms with van der Waals surface area (Å²) < 4.78 is 5.15. The van der Waals surface area contributed by atoms with Crippen molar-refractivity contribution >= 4 is 35.1 Å². The Balaban J connectivity index is 1.18. The van der Waals surface area contributed by atoms with E-state index >= 15 is 0 Å². The molecule has 0 spiro atoms. The van der Waals surface area contributed by atoms with Crippen LogP contribution in [0.15, 0.2) is 78.9 Å². The van der Waals surface area contributed by atoms with Crippen LogP contribution < -0.4 is 10.2 Å². The molecule has 7 nitrogen and oxygen atoms in total. The smallest absolute Gasteiger partial charge is 0.338 e. The number of fused-ring (bicyclic) bond motifs is 1. The van der Waals surface area contributed by atoms with Gasteiger partial charge in [-0.25, -0.2) is 4.79 Å². The third kappa shape index (κ3) is 5.23. The van der Waals surface area contributed by atoms with E-state index in [2.05, 4.69) is 17.4 Å². The number of ether oxygens (including phenoxy) is 1. The Bertz CT molecular complexity index is 1330. The van der Waals surface area contributed by atoms with Gasteiger partial charge in [0.15, 0.2) is 6.61 Å². The first-order valence-corrected chi connectivity index (χ1v) is 13.0. The molecule has 0 radical (unpaired) electrons. The van der Waals surface area contributed by atoms with Crippen LogP contribution in [0.2, 0.25) is 0 Å². The Hall–Kier alpha value is -4.26. The van der Waals surface area contributed by atoms with E-state index in [1.807, 2.05) is 37.3 Å². The zero-order chi connectivity index (χ0) is 26.6. The van der Waals surface area contributed by atoms with Crippen LogP contribution in [0.1, 0.15) is 53.6 Å². The number of hydrogen-bond donors (Lipinski definition) is 1. The van der Waals surface area contributed by atoms with E-state index in [1.165, 1.54) is 22.6 Å². The molecule has 2 fully saturated rings. The normalized spacial score (nSPS) is 20.7. The van der Waals surface area contributed by atoms with Gasteiger partial charge in [-0.15, -0.1) is 0 Å². The first-order chi connectivity index (χ1) is 18.4. The van der Waals surface area contributed by atoms with Crippen LogP contribution in [0.25, 0.3) is 0 Å². The van der Waals surface area contributed by atoms with Gasteiger partial charge in [0, 0.05) is 5.69 Å². The van der Waals surface area contributed by atoms with Crippen molar-refractivity contribution in [3.05, 3.63) is 95.6 Å². The van der Waals surface area contributed by atoms with Crippen molar-refractivity contribution in [1.29, 1.82) is 0 Å². The lowest BCUT2D eigenvalue weighted by molar-refractivity contribution is -0.122. The standard InChI is InChI=1S/C31H30N2O5/c1-2-20-8-13-24(14-9-20)32-28(34)19-38-31(37)22-10-15-25(16-11-22)33-29(35)26-17-12-23(18-27(26)30(33)36)21-6-4-3-5-7-21/h3-11,13-16,23,26-27H,2,12,17-19H2,1H3,(H,32,34)/t23-,26-,27-/m1/s1. The number of amides is 3. The van der Waals surface area contributed by atoms with E-state index in [9.17, 15) is 19.2 Å². The second kappa shape index (κ2) is 11.0. The predicted octanol–water partition coefficient (Wildman–Crippen LogP) is 5.12. The molecule has 1 aliphatic carbocycles. The summed E-state index contributed by atoms with van der Waals surface area (Å²) >= 11 is 0. The van der Waals surface area contributed by atoms with Crippen molar-refractivity contribution < 1.29 is 23.9 Å². The zero-order valence-electron chi connectivity index (χ0n) is 21.3. The van der Waals surface area contributed by atoms with Crippen molar-refractivity contribution in [2.75, 3.05) is 16.8 Å². The molecule has 1 heterocycles. The fraction of sp³-hybridized carbons (Fsp3) is 0.290. The highest BCUT2D eigenvalue weighted by molar-refractivity contribution is 6.22. The van der Waals surface area contributed by atoms with Gasteiger partial charge in [0.25, 0.3) is 5.91 Å². The van der Waals surface area contributed by atoms with Crippen molar-refractivity contribution in [2.24, 2.45) is 11.8 Å². The van der Waals surface area contributed by atoms with Crippen LogP contribution in [0.5, 0.6) is 0 Å². The molecule has 0 unspecified atom stereocenters. The fourth-order valence-corrected chi connectivity index (χ4v) is 5.44. The first kappa shape index (κ1) is 25.4. The number of hydrogen-bond acceptors (Lipinski definition) is 5. The van der Waals surface area contributed by atoms with Crippen LogP contribution >= 0.6 is 0 Å². The van der Waals surface area contributed by atoms with E-state index in [0.717, 1.165) is 18.4 Å². The summed E-state index contributed by atoms with van der Waals surface area (Å²) in [6, 6.07) is 23.8. The Kier molecular flexibility index (Phi) is 7.36. The molecule has 5 rings (SSSR count). The third-order valence-corrected chi connectivity index (χ3v) is 7.54. The Morgan fingerprint density at radius 2 is 1.55 bits per heavy atom. The highest BCUT2D eigenvalue weighted by atomic mass is 16.5. The molecule has 3 aromatic carbocycles. The van der Waals surface area contributed by atoms with Crippen LogP contribution in [-0.4, -0.2) is 30.3 Å². The number of nitrogens with zero attached hydrogens (tertiary/aromatic N) is 1. The highest BCUT2D eigenvalue weighted by Crippen LogP contribution is 2.45. The molecule has 0 aromatic heterocycles. The molecular formula is C31H30N2O5. The average Bonchev–Trinajstić information content (AvgIpc) is 3.21. The molecule has 3 aromatic rings. The molecule has 194 valence electrons. The van der Waals surface area contributed by atoms with Crippen molar-refractivity contribution in [3.63, 3.8) is 0 Å². The van der Waals surface area contributed by atoms with Gasteiger partial charge in [0.1, 0.15) is 0 Å². The molecule has 3 amide bonds. The molecule has 7 heteroatoms. The Morgan fingerprint density at radius 3 is 2.24 bits per heavy atom. The van der Waals surface area contributed by atoms with Crippen LogP contribution in [0.3, 0.4) is 0 Å². The van der Waals surface area contributed by atoms with Gasteiger partial charge in [0.2, 0.25) is 11.8 Å². The van der Waals surface area contributed by atoms with Gasteiger partial charge in [0.05, 0.1) is 23.1 Å². The van der Waals surface area contributed by atoms with E-state index in [4.69, 9.17) is 4.74 Å². The lowest BCUT2D eigenvalue weighted by Crippen LogP contribution is -2.30. The van der Waals surface area contributed by atoms with E-state index < -0.39 is 18.5 Å². The lowest BCUT2D eigenvalue weighted by atomic mass is 9.73. The van der Waals surface area contributed by atoms with Gasteiger partial charge in [-0.2, -0.15) is 0 Å². The Morgan fingerprint density at radius 1 is 0.868 bits per heavy atom. The maximum absolute atomic E-state index is 13.3. The molecule has 1 N–H and O–H groups in total. The van der Waals surface area contributed by atoms with E-state index in [-0.39, 0.29) is 35.1 Å². The molecule has 1 saturated carbocycles. The molecule has 38 heavy (non-hydrogen) atoms. The van der Waals surface area contributed by atoms with Crippen molar-refractivity contribution in [1.82, 2.24) is 0 Å². The SMILES string of the molecule is CCc1ccc(NC(=O)COC(=O)c2ccc(N3C(=O)[C@@H]4CC[C@@H](c5ccccc5)C[C@H]4C3=O)cc2)cc1. The number of benzene rings is 3. The predicted molar refractivity (Wildman–Crippen MR) is 144 cm³/mol. The summed E-state index contributed by atoms with van der Waals surface area (Å²) in [6.07, 6.45) is 3.12. The van der Waals surface area contributed by atoms with Gasteiger partial charge in [-0.1, -0.05) is 49.4 Å². The van der Waals surface area contributed by atoms with Gasteiger partial charge in [-0.3, -0.25) is 19.3 Å². The minimum atomic E-state index is -0.661. The second-order valence-corrected chi connectivity index (χ2v) is 9.87. The second-order valence-electron chi connectivity index (χ2n) is 9.87. The van der Waals surface area contributed by atoms with Crippen molar-refractivity contribution in [2.45, 2.75) is 38.5 Å². The maximum atomic E-state index is 13.3. The summed E-state index contributed by atoms with van der Waals surface area (Å²) in [5, 5.41) is 2.70. The number of anilines is 2.